The van der Waals surface area contributed by atoms with Gasteiger partial charge in [0, 0.05) is 11.1 Å². The molecule has 1 aliphatic carbocycles. The maximum absolute atomic E-state index is 4.13. The molecule has 0 atom stereocenters. The van der Waals surface area contributed by atoms with E-state index in [4.69, 9.17) is 0 Å². The summed E-state index contributed by atoms with van der Waals surface area (Å²) >= 11 is 1.78. The predicted octanol–water partition coefficient (Wildman–Crippen LogP) is 3.10. The van der Waals surface area contributed by atoms with Crippen LogP contribution in [-0.2, 0) is 19.3 Å². The van der Waals surface area contributed by atoms with Crippen molar-refractivity contribution in [1.29, 1.82) is 0 Å². The Hall–Kier alpha value is -1.15. The summed E-state index contributed by atoms with van der Waals surface area (Å²) in [4.78, 5) is 5.56. The van der Waals surface area contributed by atoms with Crippen LogP contribution < -0.4 is 0 Å². The van der Waals surface area contributed by atoms with Crippen LogP contribution in [0.4, 0.5) is 0 Å². The second-order valence-electron chi connectivity index (χ2n) is 4.21. The van der Waals surface area contributed by atoms with E-state index in [0.29, 0.717) is 0 Å². The summed E-state index contributed by atoms with van der Waals surface area (Å²) < 4.78 is 0. The van der Waals surface area contributed by atoms with E-state index in [9.17, 15) is 0 Å². The van der Waals surface area contributed by atoms with Gasteiger partial charge < -0.3 is 0 Å². The van der Waals surface area contributed by atoms with Gasteiger partial charge in [0.05, 0.1) is 5.51 Å². The fraction of sp³-hybridized carbons (Fsp3) is 0.308. The molecule has 1 aromatic carbocycles. The summed E-state index contributed by atoms with van der Waals surface area (Å²) in [7, 11) is 0. The van der Waals surface area contributed by atoms with Gasteiger partial charge in [0.1, 0.15) is 0 Å². The first-order valence-electron chi connectivity index (χ1n) is 5.36. The van der Waals surface area contributed by atoms with E-state index in [1.54, 1.807) is 22.5 Å². The summed E-state index contributed by atoms with van der Waals surface area (Å²) in [5.41, 5.74) is 5.02. The Balaban J connectivity index is 1.74. The summed E-state index contributed by atoms with van der Waals surface area (Å²) in [5.74, 6) is 0.794. The highest BCUT2D eigenvalue weighted by molar-refractivity contribution is 7.09. The molecule has 0 fully saturated rings. The van der Waals surface area contributed by atoms with Gasteiger partial charge in [-0.05, 0) is 36.3 Å². The summed E-state index contributed by atoms with van der Waals surface area (Å²) in [6.45, 7) is 0. The lowest BCUT2D eigenvalue weighted by Gasteiger charge is -2.05. The zero-order valence-electron chi connectivity index (χ0n) is 8.52. The number of hydrogen-bond donors (Lipinski definition) is 0. The minimum Gasteiger partial charge on any atom is -0.253 e. The maximum atomic E-state index is 4.13. The molecule has 1 aliphatic rings. The van der Waals surface area contributed by atoms with Crippen LogP contribution in [0, 0.1) is 5.92 Å². The smallest absolute Gasteiger partial charge is 0.0794 e. The zero-order chi connectivity index (χ0) is 10.1. The molecule has 2 heteroatoms. The predicted molar refractivity (Wildman–Crippen MR) is 63.2 cm³/mol. The van der Waals surface area contributed by atoms with Gasteiger partial charge in [-0.15, -0.1) is 11.3 Å². The van der Waals surface area contributed by atoms with Crippen molar-refractivity contribution < 1.29 is 0 Å². The molecule has 0 spiro atoms. The molecule has 0 saturated carbocycles. The normalized spacial score (nSPS) is 15.5. The first-order valence-corrected chi connectivity index (χ1v) is 6.24. The van der Waals surface area contributed by atoms with Gasteiger partial charge in [0.15, 0.2) is 0 Å². The number of benzene rings is 1. The molecule has 0 unspecified atom stereocenters. The van der Waals surface area contributed by atoms with Gasteiger partial charge in [-0.3, -0.25) is 4.98 Å². The Labute approximate surface area is 93.8 Å². The average molecular weight is 215 g/mol. The molecule has 1 nitrogen and oxygen atoms in total. The van der Waals surface area contributed by atoms with Crippen LogP contribution in [0.25, 0.3) is 0 Å². The van der Waals surface area contributed by atoms with Gasteiger partial charge in [-0.2, -0.15) is 0 Å². The number of hydrogen-bond acceptors (Lipinski definition) is 2. The van der Waals surface area contributed by atoms with Crippen molar-refractivity contribution in [1.82, 2.24) is 4.98 Å². The van der Waals surface area contributed by atoms with Crippen molar-refractivity contribution in [3.8, 4) is 0 Å². The van der Waals surface area contributed by atoms with Crippen LogP contribution in [0.5, 0.6) is 0 Å². The molecule has 2 aromatic rings. The third kappa shape index (κ3) is 1.82. The fourth-order valence-corrected chi connectivity index (χ4v) is 3.13. The van der Waals surface area contributed by atoms with E-state index in [1.165, 1.54) is 24.1 Å². The second kappa shape index (κ2) is 3.78. The monoisotopic (exact) mass is 215 g/mol. The Morgan fingerprint density at radius 3 is 2.53 bits per heavy atom. The quantitative estimate of drug-likeness (QED) is 0.750. The third-order valence-corrected chi connectivity index (χ3v) is 3.91. The Morgan fingerprint density at radius 2 is 1.93 bits per heavy atom. The summed E-state index contributed by atoms with van der Waals surface area (Å²) in [5, 5.41) is 0. The van der Waals surface area contributed by atoms with Gasteiger partial charge in [-0.1, -0.05) is 24.3 Å². The maximum Gasteiger partial charge on any atom is 0.0794 e. The minimum absolute atomic E-state index is 0.794. The highest BCUT2D eigenvalue weighted by Crippen LogP contribution is 2.29. The third-order valence-electron chi connectivity index (χ3n) is 3.11. The molecule has 15 heavy (non-hydrogen) atoms. The topological polar surface area (TPSA) is 12.9 Å². The molecular formula is C13H13NS. The largest absolute Gasteiger partial charge is 0.253 e. The number of fused-ring (bicyclic) bond motifs is 1. The molecule has 0 N–H and O–H groups in total. The van der Waals surface area contributed by atoms with Gasteiger partial charge in [-0.25, -0.2) is 0 Å². The van der Waals surface area contributed by atoms with E-state index < -0.39 is 0 Å². The van der Waals surface area contributed by atoms with Crippen LogP contribution in [0.1, 0.15) is 16.0 Å². The van der Waals surface area contributed by atoms with E-state index in [1.807, 2.05) is 11.7 Å². The molecule has 0 bridgehead atoms. The molecule has 3 rings (SSSR count). The Kier molecular flexibility index (Phi) is 2.29. The summed E-state index contributed by atoms with van der Waals surface area (Å²) in [6, 6.07) is 8.83. The van der Waals surface area contributed by atoms with Crippen molar-refractivity contribution in [2.45, 2.75) is 19.3 Å². The van der Waals surface area contributed by atoms with Crippen molar-refractivity contribution >= 4 is 11.3 Å². The van der Waals surface area contributed by atoms with Crippen molar-refractivity contribution in [2.75, 3.05) is 0 Å². The van der Waals surface area contributed by atoms with Gasteiger partial charge in [0.25, 0.3) is 0 Å². The zero-order valence-corrected chi connectivity index (χ0v) is 9.33. The van der Waals surface area contributed by atoms with Crippen LogP contribution in [0.2, 0.25) is 0 Å². The standard InChI is InChI=1S/C13H13NS/c1-2-4-12-6-10(5-11(12)3-1)7-13-8-14-9-15-13/h1-4,8-10H,5-7H2. The minimum atomic E-state index is 0.794. The molecule has 1 aromatic heterocycles. The summed E-state index contributed by atoms with van der Waals surface area (Å²) in [6.07, 6.45) is 5.69. The van der Waals surface area contributed by atoms with Gasteiger partial charge in [0.2, 0.25) is 0 Å². The van der Waals surface area contributed by atoms with Crippen LogP contribution >= 0.6 is 11.3 Å². The number of nitrogens with zero attached hydrogens (tertiary/aromatic N) is 1. The number of thiazole rings is 1. The van der Waals surface area contributed by atoms with Crippen LogP contribution in [-0.4, -0.2) is 4.98 Å². The van der Waals surface area contributed by atoms with Crippen molar-refractivity contribution in [3.63, 3.8) is 0 Å². The average Bonchev–Trinajstić information content (AvgIpc) is 2.86. The van der Waals surface area contributed by atoms with Crippen molar-refractivity contribution in [3.05, 3.63) is 52.0 Å². The molecule has 0 radical (unpaired) electrons. The van der Waals surface area contributed by atoms with E-state index in [-0.39, 0.29) is 0 Å². The van der Waals surface area contributed by atoms with E-state index in [0.717, 1.165) is 5.92 Å². The van der Waals surface area contributed by atoms with Crippen molar-refractivity contribution in [2.24, 2.45) is 5.92 Å². The lowest BCUT2D eigenvalue weighted by atomic mass is 10.0. The number of aromatic nitrogens is 1. The molecule has 76 valence electrons. The highest BCUT2D eigenvalue weighted by atomic mass is 32.1. The van der Waals surface area contributed by atoms with Crippen LogP contribution in [0.15, 0.2) is 36.0 Å². The lowest BCUT2D eigenvalue weighted by molar-refractivity contribution is 0.563. The first kappa shape index (κ1) is 9.10. The molecule has 0 aliphatic heterocycles. The lowest BCUT2D eigenvalue weighted by Crippen LogP contribution is -2.02. The first-order chi connectivity index (χ1) is 7.42. The Bertz CT molecular complexity index is 420. The fourth-order valence-electron chi connectivity index (χ4n) is 2.42. The molecular weight excluding hydrogens is 202 g/mol. The highest BCUT2D eigenvalue weighted by Gasteiger charge is 2.21. The molecule has 0 saturated heterocycles. The van der Waals surface area contributed by atoms with Gasteiger partial charge >= 0.3 is 0 Å². The van der Waals surface area contributed by atoms with E-state index >= 15 is 0 Å². The molecule has 1 heterocycles. The number of rotatable bonds is 2. The van der Waals surface area contributed by atoms with E-state index in [2.05, 4.69) is 29.2 Å². The second-order valence-corrected chi connectivity index (χ2v) is 5.19. The Morgan fingerprint density at radius 1 is 1.20 bits per heavy atom. The van der Waals surface area contributed by atoms with Crippen LogP contribution in [0.3, 0.4) is 0 Å². The SMILES string of the molecule is c1ccc2c(c1)CC(Cc1cncs1)C2. The molecule has 0 amide bonds.